The number of aliphatic hydroxyl groups is 1. The zero-order valence-electron chi connectivity index (χ0n) is 8.25. The van der Waals surface area contributed by atoms with Gasteiger partial charge in [-0.15, -0.1) is 0 Å². The summed E-state index contributed by atoms with van der Waals surface area (Å²) in [5.41, 5.74) is 5.38. The van der Waals surface area contributed by atoms with Gasteiger partial charge in [-0.1, -0.05) is 0 Å². The molecule has 0 aliphatic heterocycles. The van der Waals surface area contributed by atoms with Crippen LogP contribution in [0.1, 0.15) is 26.2 Å². The minimum Gasteiger partial charge on any atom is -0.429 e. The molecular formula is C8H14F3NO3. The number of aliphatic hydroxyl groups excluding tert-OH is 1. The Morgan fingerprint density at radius 2 is 2.00 bits per heavy atom. The molecule has 90 valence electrons. The van der Waals surface area contributed by atoms with Gasteiger partial charge in [-0.25, -0.2) is 4.79 Å². The van der Waals surface area contributed by atoms with Crippen LogP contribution in [-0.2, 0) is 9.53 Å². The van der Waals surface area contributed by atoms with Crippen molar-refractivity contribution < 1.29 is 27.8 Å². The number of hydrogen-bond donors (Lipinski definition) is 2. The SMILES string of the molecule is C[C@@H](N)CCCC(O)OC(=O)C(F)(F)F. The van der Waals surface area contributed by atoms with E-state index in [1.54, 1.807) is 6.92 Å². The predicted molar refractivity (Wildman–Crippen MR) is 45.7 cm³/mol. The Labute approximate surface area is 85.2 Å². The van der Waals surface area contributed by atoms with Gasteiger partial charge in [0.1, 0.15) is 0 Å². The van der Waals surface area contributed by atoms with E-state index in [0.717, 1.165) is 0 Å². The van der Waals surface area contributed by atoms with Gasteiger partial charge in [0.15, 0.2) is 0 Å². The first kappa shape index (κ1) is 14.2. The lowest BCUT2D eigenvalue weighted by atomic mass is 10.1. The average Bonchev–Trinajstić information content (AvgIpc) is 2.01. The van der Waals surface area contributed by atoms with Crippen LogP contribution in [0.3, 0.4) is 0 Å². The predicted octanol–water partition coefficient (Wildman–Crippen LogP) is 0.928. The number of nitrogens with two attached hydrogens (primary N) is 1. The van der Waals surface area contributed by atoms with Crippen molar-refractivity contribution in [2.45, 2.75) is 44.7 Å². The molecule has 0 saturated carbocycles. The quantitative estimate of drug-likeness (QED) is 0.543. The van der Waals surface area contributed by atoms with Crippen LogP contribution in [0.15, 0.2) is 0 Å². The van der Waals surface area contributed by atoms with Crippen molar-refractivity contribution in [2.75, 3.05) is 0 Å². The topological polar surface area (TPSA) is 72.6 Å². The summed E-state index contributed by atoms with van der Waals surface area (Å²) in [5.74, 6) is -2.38. The molecule has 0 aromatic rings. The average molecular weight is 229 g/mol. The van der Waals surface area contributed by atoms with Crippen LogP contribution in [0.25, 0.3) is 0 Å². The van der Waals surface area contributed by atoms with Gasteiger partial charge < -0.3 is 15.6 Å². The van der Waals surface area contributed by atoms with Crippen LogP contribution in [0.5, 0.6) is 0 Å². The van der Waals surface area contributed by atoms with E-state index in [-0.39, 0.29) is 12.5 Å². The Balaban J connectivity index is 3.75. The first-order chi connectivity index (χ1) is 6.73. The van der Waals surface area contributed by atoms with E-state index >= 15 is 0 Å². The highest BCUT2D eigenvalue weighted by atomic mass is 19.4. The van der Waals surface area contributed by atoms with Gasteiger partial charge in [0.2, 0.25) is 6.29 Å². The minimum atomic E-state index is -5.07. The normalized spacial score (nSPS) is 15.9. The number of hydrogen-bond acceptors (Lipinski definition) is 4. The van der Waals surface area contributed by atoms with Crippen molar-refractivity contribution in [3.05, 3.63) is 0 Å². The van der Waals surface area contributed by atoms with Gasteiger partial charge in [0.25, 0.3) is 0 Å². The molecule has 15 heavy (non-hydrogen) atoms. The molecule has 0 aromatic carbocycles. The van der Waals surface area contributed by atoms with E-state index in [2.05, 4.69) is 4.74 Å². The zero-order valence-corrected chi connectivity index (χ0v) is 8.25. The molecule has 1 unspecified atom stereocenters. The Bertz CT molecular complexity index is 206. The molecule has 7 heteroatoms. The van der Waals surface area contributed by atoms with Gasteiger partial charge in [-0.05, 0) is 19.8 Å². The van der Waals surface area contributed by atoms with Crippen LogP contribution in [-0.4, -0.2) is 29.6 Å². The molecule has 0 radical (unpaired) electrons. The van der Waals surface area contributed by atoms with E-state index in [9.17, 15) is 18.0 Å². The highest BCUT2D eigenvalue weighted by Crippen LogP contribution is 2.18. The smallest absolute Gasteiger partial charge is 0.429 e. The van der Waals surface area contributed by atoms with Crippen LogP contribution >= 0.6 is 0 Å². The number of halogens is 3. The summed E-state index contributed by atoms with van der Waals surface area (Å²) in [6.45, 7) is 1.73. The molecule has 0 heterocycles. The van der Waals surface area contributed by atoms with E-state index in [4.69, 9.17) is 10.8 Å². The minimum absolute atomic E-state index is 0.0522. The van der Waals surface area contributed by atoms with E-state index < -0.39 is 18.4 Å². The van der Waals surface area contributed by atoms with Gasteiger partial charge in [0, 0.05) is 12.5 Å². The number of esters is 1. The van der Waals surface area contributed by atoms with Gasteiger partial charge in [0.05, 0.1) is 0 Å². The monoisotopic (exact) mass is 229 g/mol. The Kier molecular flexibility index (Phi) is 5.59. The van der Waals surface area contributed by atoms with Crippen molar-refractivity contribution in [3.8, 4) is 0 Å². The number of carbonyl (C=O) groups is 1. The molecule has 0 aliphatic carbocycles. The third-order valence-electron chi connectivity index (χ3n) is 1.59. The highest BCUT2D eigenvalue weighted by Gasteiger charge is 2.42. The summed E-state index contributed by atoms with van der Waals surface area (Å²) in [4.78, 5) is 10.2. The van der Waals surface area contributed by atoms with Crippen molar-refractivity contribution in [3.63, 3.8) is 0 Å². The first-order valence-electron chi connectivity index (χ1n) is 4.45. The van der Waals surface area contributed by atoms with Crippen molar-refractivity contribution in [2.24, 2.45) is 5.73 Å². The lowest BCUT2D eigenvalue weighted by molar-refractivity contribution is -0.220. The molecular weight excluding hydrogens is 215 g/mol. The molecule has 3 N–H and O–H groups in total. The molecule has 0 aromatic heterocycles. The standard InChI is InChI=1S/C8H14F3NO3/c1-5(12)3-2-4-6(13)15-7(14)8(9,10)11/h5-6,13H,2-4,12H2,1H3/t5-,6?/m1/s1. The fourth-order valence-corrected chi connectivity index (χ4v) is 0.864. The van der Waals surface area contributed by atoms with Gasteiger partial charge >= 0.3 is 12.1 Å². The third kappa shape index (κ3) is 7.15. The van der Waals surface area contributed by atoms with Crippen molar-refractivity contribution in [1.29, 1.82) is 0 Å². The molecule has 0 fully saturated rings. The Hall–Kier alpha value is -0.820. The largest absolute Gasteiger partial charge is 0.491 e. The fraction of sp³-hybridized carbons (Fsp3) is 0.875. The van der Waals surface area contributed by atoms with Gasteiger partial charge in [-0.2, -0.15) is 13.2 Å². The fourth-order valence-electron chi connectivity index (χ4n) is 0.864. The van der Waals surface area contributed by atoms with Crippen LogP contribution in [0, 0.1) is 0 Å². The van der Waals surface area contributed by atoms with E-state index in [1.165, 1.54) is 0 Å². The Morgan fingerprint density at radius 3 is 2.40 bits per heavy atom. The lowest BCUT2D eigenvalue weighted by Crippen LogP contribution is -2.30. The maximum absolute atomic E-state index is 11.7. The van der Waals surface area contributed by atoms with Crippen molar-refractivity contribution >= 4 is 5.97 Å². The second kappa shape index (κ2) is 5.92. The number of alkyl halides is 3. The molecule has 0 spiro atoms. The molecule has 0 bridgehead atoms. The molecule has 4 nitrogen and oxygen atoms in total. The maximum Gasteiger partial charge on any atom is 0.491 e. The Morgan fingerprint density at radius 1 is 1.47 bits per heavy atom. The number of carbonyl (C=O) groups excluding carboxylic acids is 1. The van der Waals surface area contributed by atoms with Crippen LogP contribution in [0.2, 0.25) is 0 Å². The summed E-state index contributed by atoms with van der Waals surface area (Å²) >= 11 is 0. The van der Waals surface area contributed by atoms with Gasteiger partial charge in [-0.3, -0.25) is 0 Å². The molecule has 0 saturated heterocycles. The van der Waals surface area contributed by atoms with E-state index in [0.29, 0.717) is 12.8 Å². The maximum atomic E-state index is 11.7. The second-order valence-electron chi connectivity index (χ2n) is 3.27. The second-order valence-corrected chi connectivity index (χ2v) is 3.27. The zero-order chi connectivity index (χ0) is 12.1. The molecule has 0 aliphatic rings. The highest BCUT2D eigenvalue weighted by molar-refractivity contribution is 5.75. The molecule has 2 atom stereocenters. The van der Waals surface area contributed by atoms with Crippen LogP contribution in [0.4, 0.5) is 13.2 Å². The summed E-state index contributed by atoms with van der Waals surface area (Å²) < 4.78 is 38.7. The van der Waals surface area contributed by atoms with E-state index in [1.807, 2.05) is 0 Å². The summed E-state index contributed by atoms with van der Waals surface area (Å²) in [6, 6.07) is -0.101. The number of rotatable bonds is 5. The summed E-state index contributed by atoms with van der Waals surface area (Å²) in [5, 5.41) is 8.91. The number of ether oxygens (including phenoxy) is 1. The first-order valence-corrected chi connectivity index (χ1v) is 4.45. The van der Waals surface area contributed by atoms with Crippen molar-refractivity contribution in [1.82, 2.24) is 0 Å². The third-order valence-corrected chi connectivity index (χ3v) is 1.59. The summed E-state index contributed by atoms with van der Waals surface area (Å²) in [6.07, 6.45) is -5.91. The molecule has 0 amide bonds. The lowest BCUT2D eigenvalue weighted by Gasteiger charge is -2.13. The van der Waals surface area contributed by atoms with Crippen LogP contribution < -0.4 is 5.73 Å². The summed E-state index contributed by atoms with van der Waals surface area (Å²) in [7, 11) is 0. The molecule has 0 rings (SSSR count).